The Labute approximate surface area is 125 Å². The third kappa shape index (κ3) is 4.53. The molecule has 0 aliphatic heterocycles. The van der Waals surface area contributed by atoms with Gasteiger partial charge in [0.2, 0.25) is 5.91 Å². The molecule has 1 amide bonds. The Hall–Kier alpha value is -1.00. The molecule has 0 aromatic heterocycles. The zero-order valence-electron chi connectivity index (χ0n) is 12.3. The molecule has 2 rings (SSSR count). The van der Waals surface area contributed by atoms with E-state index in [9.17, 15) is 4.79 Å². The third-order valence-electron chi connectivity index (χ3n) is 3.53. The Morgan fingerprint density at radius 3 is 2.55 bits per heavy atom. The molecule has 0 spiro atoms. The molecule has 1 aliphatic rings. The summed E-state index contributed by atoms with van der Waals surface area (Å²) in [5, 5.41) is 3.03. The second kappa shape index (κ2) is 6.64. The lowest BCUT2D eigenvalue weighted by Crippen LogP contribution is -2.44. The molecule has 0 unspecified atom stereocenters. The number of rotatable bonds is 7. The normalized spacial score (nSPS) is 17.8. The smallest absolute Gasteiger partial charge is 0.236 e. The van der Waals surface area contributed by atoms with Gasteiger partial charge >= 0.3 is 0 Å². The molecule has 0 bridgehead atoms. The summed E-state index contributed by atoms with van der Waals surface area (Å²) >= 11 is 1.87. The van der Waals surface area contributed by atoms with Crippen molar-refractivity contribution in [2.45, 2.75) is 48.8 Å². The van der Waals surface area contributed by atoms with E-state index in [1.807, 2.05) is 17.8 Å². The third-order valence-corrected chi connectivity index (χ3v) is 5.03. The van der Waals surface area contributed by atoms with Gasteiger partial charge in [-0.05, 0) is 37.3 Å². The Balaban J connectivity index is 1.80. The quantitative estimate of drug-likeness (QED) is 0.812. The molecular weight excluding hydrogens is 268 g/mol. The number of benzene rings is 1. The lowest BCUT2D eigenvalue weighted by molar-refractivity contribution is -0.122. The van der Waals surface area contributed by atoms with Crippen LogP contribution >= 0.6 is 11.8 Å². The summed E-state index contributed by atoms with van der Waals surface area (Å²) in [5.74, 6) is 0.433. The molecule has 1 saturated carbocycles. The molecule has 1 aromatic carbocycles. The van der Waals surface area contributed by atoms with Crippen LogP contribution in [0.1, 0.15) is 33.1 Å². The van der Waals surface area contributed by atoms with Gasteiger partial charge in [0.05, 0.1) is 6.04 Å². The number of carbonyl (C=O) groups excluding carboxylic acids is 1. The Morgan fingerprint density at radius 1 is 1.35 bits per heavy atom. The van der Waals surface area contributed by atoms with Crippen molar-refractivity contribution in [3.8, 4) is 0 Å². The lowest BCUT2D eigenvalue weighted by Gasteiger charge is -2.18. The number of nitrogens with two attached hydrogens (primary N) is 1. The fraction of sp³-hybridized carbons (Fsp3) is 0.562. The molecule has 3 nitrogen and oxygen atoms in total. The first kappa shape index (κ1) is 15.4. The van der Waals surface area contributed by atoms with E-state index < -0.39 is 0 Å². The molecule has 110 valence electrons. The minimum Gasteiger partial charge on any atom is -0.353 e. The molecule has 1 aliphatic carbocycles. The molecule has 0 heterocycles. The highest BCUT2D eigenvalue weighted by atomic mass is 32.2. The van der Waals surface area contributed by atoms with E-state index >= 15 is 0 Å². The summed E-state index contributed by atoms with van der Waals surface area (Å²) in [6, 6.07) is 9.99. The van der Waals surface area contributed by atoms with Gasteiger partial charge in [-0.25, -0.2) is 0 Å². The molecule has 3 N–H and O–H groups in total. The molecule has 0 saturated heterocycles. The van der Waals surface area contributed by atoms with E-state index in [4.69, 9.17) is 5.73 Å². The van der Waals surface area contributed by atoms with E-state index in [2.05, 4.69) is 43.4 Å². The van der Waals surface area contributed by atoms with E-state index in [1.165, 1.54) is 4.90 Å². The minimum absolute atomic E-state index is 0.0152. The van der Waals surface area contributed by atoms with Crippen molar-refractivity contribution < 1.29 is 4.79 Å². The van der Waals surface area contributed by atoms with Crippen LogP contribution in [0.4, 0.5) is 0 Å². The van der Waals surface area contributed by atoms with Crippen LogP contribution in [-0.2, 0) is 4.79 Å². The summed E-state index contributed by atoms with van der Waals surface area (Å²) in [6.45, 7) is 4.89. The molecule has 4 heteroatoms. The first-order valence-electron chi connectivity index (χ1n) is 7.28. The van der Waals surface area contributed by atoms with Gasteiger partial charge in [-0.3, -0.25) is 4.79 Å². The molecular formula is C16H24N2OS. The van der Waals surface area contributed by atoms with Crippen LogP contribution in [0.15, 0.2) is 35.2 Å². The first-order chi connectivity index (χ1) is 9.51. The maximum atomic E-state index is 12.0. The van der Waals surface area contributed by atoms with E-state index in [1.54, 1.807) is 0 Å². The number of thioether (sulfide) groups is 1. The topological polar surface area (TPSA) is 55.1 Å². The van der Waals surface area contributed by atoms with Crippen molar-refractivity contribution in [1.29, 1.82) is 0 Å². The van der Waals surface area contributed by atoms with E-state index in [0.717, 1.165) is 25.8 Å². The fourth-order valence-electron chi connectivity index (χ4n) is 2.19. The van der Waals surface area contributed by atoms with Gasteiger partial charge < -0.3 is 11.1 Å². The highest BCUT2D eigenvalue weighted by Crippen LogP contribution is 2.51. The summed E-state index contributed by atoms with van der Waals surface area (Å²) in [6.07, 6.45) is 3.06. The molecule has 0 radical (unpaired) electrons. The van der Waals surface area contributed by atoms with Crippen molar-refractivity contribution in [1.82, 2.24) is 5.32 Å². The highest BCUT2D eigenvalue weighted by Gasteiger charge is 2.44. The van der Waals surface area contributed by atoms with Gasteiger partial charge in [-0.15, -0.1) is 11.8 Å². The maximum Gasteiger partial charge on any atom is 0.236 e. The van der Waals surface area contributed by atoms with Crippen LogP contribution in [0.5, 0.6) is 0 Å². The van der Waals surface area contributed by atoms with Crippen molar-refractivity contribution in [2.75, 3.05) is 6.54 Å². The Bertz CT molecular complexity index is 443. The van der Waals surface area contributed by atoms with Crippen LogP contribution in [0.25, 0.3) is 0 Å². The number of hydrogen-bond acceptors (Lipinski definition) is 3. The van der Waals surface area contributed by atoms with Crippen molar-refractivity contribution in [3.63, 3.8) is 0 Å². The first-order valence-corrected chi connectivity index (χ1v) is 8.10. The average molecular weight is 292 g/mol. The molecule has 1 atom stereocenters. The lowest BCUT2D eigenvalue weighted by atomic mass is 10.0. The van der Waals surface area contributed by atoms with Crippen LogP contribution in [0.2, 0.25) is 0 Å². The highest BCUT2D eigenvalue weighted by molar-refractivity contribution is 8.01. The molecule has 20 heavy (non-hydrogen) atoms. The Kier molecular flexibility index (Phi) is 5.11. The number of nitrogens with one attached hydrogen (secondary N) is 1. The van der Waals surface area contributed by atoms with Crippen molar-refractivity contribution in [3.05, 3.63) is 30.3 Å². The van der Waals surface area contributed by atoms with Gasteiger partial charge in [0.15, 0.2) is 0 Å². The molecule has 1 fully saturated rings. The van der Waals surface area contributed by atoms with Crippen LogP contribution in [0.3, 0.4) is 0 Å². The van der Waals surface area contributed by atoms with Crippen LogP contribution < -0.4 is 11.1 Å². The largest absolute Gasteiger partial charge is 0.353 e. The average Bonchev–Trinajstić information content (AvgIpc) is 3.16. The van der Waals surface area contributed by atoms with E-state index in [0.29, 0.717) is 5.92 Å². The van der Waals surface area contributed by atoms with Crippen molar-refractivity contribution >= 4 is 17.7 Å². The number of amides is 1. The van der Waals surface area contributed by atoms with Gasteiger partial charge in [0, 0.05) is 16.2 Å². The summed E-state index contributed by atoms with van der Waals surface area (Å²) < 4.78 is 0.189. The predicted octanol–water partition coefficient (Wildman–Crippen LogP) is 2.80. The monoisotopic (exact) mass is 292 g/mol. The minimum atomic E-state index is -0.382. The van der Waals surface area contributed by atoms with Crippen LogP contribution in [-0.4, -0.2) is 23.2 Å². The second-order valence-electron chi connectivity index (χ2n) is 6.05. The summed E-state index contributed by atoms with van der Waals surface area (Å²) in [5.41, 5.74) is 5.90. The zero-order valence-corrected chi connectivity index (χ0v) is 13.1. The standard InChI is InChI=1S/C16H24N2OS/c1-12(2)10-14(17)15(19)18-11-16(8-9-16)20-13-6-4-3-5-7-13/h3-7,12,14H,8-11,17H2,1-2H3,(H,18,19)/t14-/m0/s1. The SMILES string of the molecule is CC(C)C[C@H](N)C(=O)NCC1(Sc2ccccc2)CC1. The second-order valence-corrected chi connectivity index (χ2v) is 7.59. The zero-order chi connectivity index (χ0) is 14.6. The van der Waals surface area contributed by atoms with Gasteiger partial charge in [0.25, 0.3) is 0 Å². The number of hydrogen-bond donors (Lipinski definition) is 2. The number of carbonyl (C=O) groups is 1. The van der Waals surface area contributed by atoms with Gasteiger partial charge in [0.1, 0.15) is 0 Å². The maximum absolute atomic E-state index is 12.0. The summed E-state index contributed by atoms with van der Waals surface area (Å²) in [4.78, 5) is 13.2. The van der Waals surface area contributed by atoms with Crippen molar-refractivity contribution in [2.24, 2.45) is 11.7 Å². The molecule has 1 aromatic rings. The Morgan fingerprint density at radius 2 is 2.00 bits per heavy atom. The fourth-order valence-corrected chi connectivity index (χ4v) is 3.43. The van der Waals surface area contributed by atoms with E-state index in [-0.39, 0.29) is 16.7 Å². The summed E-state index contributed by atoms with van der Waals surface area (Å²) in [7, 11) is 0. The van der Waals surface area contributed by atoms with Gasteiger partial charge in [-0.2, -0.15) is 0 Å². The predicted molar refractivity (Wildman–Crippen MR) is 84.7 cm³/mol. The van der Waals surface area contributed by atoms with Gasteiger partial charge in [-0.1, -0.05) is 32.0 Å². The van der Waals surface area contributed by atoms with Crippen LogP contribution in [0, 0.1) is 5.92 Å².